The highest BCUT2D eigenvalue weighted by atomic mass is 35.5. The summed E-state index contributed by atoms with van der Waals surface area (Å²) in [7, 11) is 0. The Bertz CT molecular complexity index is 438. The molecule has 12 heavy (non-hydrogen) atoms. The first-order valence-corrected chi connectivity index (χ1v) is 4.58. The van der Waals surface area contributed by atoms with E-state index in [1.165, 1.54) is 23.5 Å². The summed E-state index contributed by atoms with van der Waals surface area (Å²) in [5.74, 6) is -0.236. The summed E-state index contributed by atoms with van der Waals surface area (Å²) in [6.07, 6.45) is 0. The van der Waals surface area contributed by atoms with Gasteiger partial charge >= 0.3 is 0 Å². The number of hydrogen-bond acceptors (Lipinski definition) is 2. The molecule has 1 nitrogen and oxygen atoms in total. The fraction of sp³-hybridized carbons (Fsp3) is 0.125. The van der Waals surface area contributed by atoms with Crippen molar-refractivity contribution >= 4 is 33.2 Å². The maximum Gasteiger partial charge on any atom is 0.184 e. The predicted molar refractivity (Wildman–Crippen MR) is 49.3 cm³/mol. The predicted octanol–water partition coefficient (Wildman–Crippen LogP) is 3.40. The van der Waals surface area contributed by atoms with Gasteiger partial charge in [-0.05, 0) is 24.6 Å². The van der Waals surface area contributed by atoms with E-state index in [1.54, 1.807) is 0 Å². The molecule has 0 amide bonds. The molecule has 2 aromatic rings. The topological polar surface area (TPSA) is 12.9 Å². The third kappa shape index (κ3) is 1.19. The van der Waals surface area contributed by atoms with Crippen molar-refractivity contribution < 1.29 is 4.39 Å². The van der Waals surface area contributed by atoms with E-state index in [2.05, 4.69) is 4.98 Å². The Kier molecular flexibility index (Phi) is 1.77. The molecule has 0 fully saturated rings. The third-order valence-corrected chi connectivity index (χ3v) is 2.73. The Morgan fingerprint density at radius 1 is 1.50 bits per heavy atom. The van der Waals surface area contributed by atoms with E-state index in [4.69, 9.17) is 11.6 Å². The fourth-order valence-corrected chi connectivity index (χ4v) is 2.25. The van der Waals surface area contributed by atoms with E-state index in [-0.39, 0.29) is 5.82 Å². The van der Waals surface area contributed by atoms with Gasteiger partial charge in [0.05, 0.1) is 10.2 Å². The SMILES string of the molecule is Cc1cc(F)cc2sc(Cl)nc12. The second kappa shape index (κ2) is 2.68. The number of rotatable bonds is 0. The Balaban J connectivity index is 2.88. The lowest BCUT2D eigenvalue weighted by atomic mass is 10.2. The Morgan fingerprint density at radius 3 is 3.00 bits per heavy atom. The smallest absolute Gasteiger partial charge is 0.184 e. The van der Waals surface area contributed by atoms with Crippen LogP contribution in [-0.4, -0.2) is 4.98 Å². The van der Waals surface area contributed by atoms with E-state index in [0.29, 0.717) is 4.47 Å². The first kappa shape index (κ1) is 7.95. The normalized spacial score (nSPS) is 10.9. The zero-order valence-electron chi connectivity index (χ0n) is 6.27. The first-order chi connectivity index (χ1) is 5.66. The highest BCUT2D eigenvalue weighted by Gasteiger charge is 2.05. The largest absolute Gasteiger partial charge is 0.225 e. The Labute approximate surface area is 77.8 Å². The van der Waals surface area contributed by atoms with Crippen LogP contribution in [0.4, 0.5) is 4.39 Å². The fourth-order valence-electron chi connectivity index (χ4n) is 1.13. The summed E-state index contributed by atoms with van der Waals surface area (Å²) in [6, 6.07) is 2.91. The zero-order chi connectivity index (χ0) is 8.72. The molecular weight excluding hydrogens is 197 g/mol. The summed E-state index contributed by atoms with van der Waals surface area (Å²) in [6.45, 7) is 1.82. The van der Waals surface area contributed by atoms with Crippen molar-refractivity contribution in [2.24, 2.45) is 0 Å². The van der Waals surface area contributed by atoms with E-state index in [0.717, 1.165) is 15.8 Å². The minimum Gasteiger partial charge on any atom is -0.225 e. The van der Waals surface area contributed by atoms with Gasteiger partial charge in [0.1, 0.15) is 5.82 Å². The minimum atomic E-state index is -0.236. The third-order valence-electron chi connectivity index (χ3n) is 1.62. The highest BCUT2D eigenvalue weighted by Crippen LogP contribution is 2.28. The molecule has 0 saturated heterocycles. The van der Waals surface area contributed by atoms with Crippen LogP contribution in [0, 0.1) is 12.7 Å². The van der Waals surface area contributed by atoms with Crippen LogP contribution in [0.2, 0.25) is 4.47 Å². The minimum absolute atomic E-state index is 0.236. The van der Waals surface area contributed by atoms with Crippen LogP contribution in [-0.2, 0) is 0 Å². The van der Waals surface area contributed by atoms with E-state index < -0.39 is 0 Å². The van der Waals surface area contributed by atoms with Crippen LogP contribution in [0.1, 0.15) is 5.56 Å². The van der Waals surface area contributed by atoms with Crippen LogP contribution in [0.3, 0.4) is 0 Å². The summed E-state index contributed by atoms with van der Waals surface area (Å²) < 4.78 is 14.1. The van der Waals surface area contributed by atoms with Crippen molar-refractivity contribution in [3.05, 3.63) is 28.0 Å². The molecule has 62 valence electrons. The molecule has 1 heterocycles. The lowest BCUT2D eigenvalue weighted by molar-refractivity contribution is 0.629. The number of aromatic nitrogens is 1. The first-order valence-electron chi connectivity index (χ1n) is 3.39. The van der Waals surface area contributed by atoms with Gasteiger partial charge in [0.2, 0.25) is 0 Å². The second-order valence-corrected chi connectivity index (χ2v) is 4.15. The van der Waals surface area contributed by atoms with Crippen molar-refractivity contribution in [1.29, 1.82) is 0 Å². The molecular formula is C8H5ClFNS. The number of aryl methyl sites for hydroxylation is 1. The molecule has 0 aliphatic rings. The molecule has 1 aromatic carbocycles. The monoisotopic (exact) mass is 201 g/mol. The average Bonchev–Trinajstić information content (AvgIpc) is 2.29. The molecule has 1 aromatic heterocycles. The van der Waals surface area contributed by atoms with Gasteiger partial charge in [-0.15, -0.1) is 11.3 Å². The van der Waals surface area contributed by atoms with Crippen molar-refractivity contribution in [3.63, 3.8) is 0 Å². The molecule has 2 rings (SSSR count). The zero-order valence-corrected chi connectivity index (χ0v) is 7.84. The number of benzene rings is 1. The van der Waals surface area contributed by atoms with Gasteiger partial charge in [-0.1, -0.05) is 11.6 Å². The number of fused-ring (bicyclic) bond motifs is 1. The number of thiazole rings is 1. The lowest BCUT2D eigenvalue weighted by Crippen LogP contribution is -1.78. The molecule has 4 heteroatoms. The summed E-state index contributed by atoms with van der Waals surface area (Å²) in [5.41, 5.74) is 1.62. The number of hydrogen-bond donors (Lipinski definition) is 0. The van der Waals surface area contributed by atoms with Gasteiger partial charge < -0.3 is 0 Å². The maximum absolute atomic E-state index is 12.8. The molecule has 0 atom stereocenters. The van der Waals surface area contributed by atoms with E-state index in [9.17, 15) is 4.39 Å². The van der Waals surface area contributed by atoms with Gasteiger partial charge in [0, 0.05) is 0 Å². The average molecular weight is 202 g/mol. The maximum atomic E-state index is 12.8. The summed E-state index contributed by atoms with van der Waals surface area (Å²) in [4.78, 5) is 4.07. The Hall–Kier alpha value is -0.670. The molecule has 0 saturated carbocycles. The summed E-state index contributed by atoms with van der Waals surface area (Å²) >= 11 is 6.99. The molecule has 0 radical (unpaired) electrons. The van der Waals surface area contributed by atoms with E-state index in [1.807, 2.05) is 6.92 Å². The van der Waals surface area contributed by atoms with Gasteiger partial charge in [0.25, 0.3) is 0 Å². The van der Waals surface area contributed by atoms with Crippen LogP contribution < -0.4 is 0 Å². The van der Waals surface area contributed by atoms with Crippen LogP contribution in [0.5, 0.6) is 0 Å². The van der Waals surface area contributed by atoms with Gasteiger partial charge in [-0.25, -0.2) is 9.37 Å². The number of nitrogens with zero attached hydrogens (tertiary/aromatic N) is 1. The molecule has 0 spiro atoms. The molecule has 0 aliphatic carbocycles. The lowest BCUT2D eigenvalue weighted by Gasteiger charge is -1.93. The van der Waals surface area contributed by atoms with Crippen molar-refractivity contribution in [2.75, 3.05) is 0 Å². The second-order valence-electron chi connectivity index (χ2n) is 2.54. The van der Waals surface area contributed by atoms with Crippen LogP contribution in [0.15, 0.2) is 12.1 Å². The highest BCUT2D eigenvalue weighted by molar-refractivity contribution is 7.22. The van der Waals surface area contributed by atoms with Gasteiger partial charge in [0.15, 0.2) is 4.47 Å². The van der Waals surface area contributed by atoms with Crippen molar-refractivity contribution in [1.82, 2.24) is 4.98 Å². The summed E-state index contributed by atoms with van der Waals surface area (Å²) in [5, 5.41) is 0. The van der Waals surface area contributed by atoms with Gasteiger partial charge in [-0.3, -0.25) is 0 Å². The van der Waals surface area contributed by atoms with Crippen molar-refractivity contribution in [3.8, 4) is 0 Å². The molecule has 0 bridgehead atoms. The molecule has 0 N–H and O–H groups in total. The quantitative estimate of drug-likeness (QED) is 0.637. The standard InChI is InChI=1S/C8H5ClFNS/c1-4-2-5(10)3-6-7(4)11-8(9)12-6/h2-3H,1H3. The van der Waals surface area contributed by atoms with Crippen LogP contribution in [0.25, 0.3) is 10.2 Å². The van der Waals surface area contributed by atoms with Gasteiger partial charge in [-0.2, -0.15) is 0 Å². The van der Waals surface area contributed by atoms with E-state index >= 15 is 0 Å². The molecule has 0 unspecified atom stereocenters. The Morgan fingerprint density at radius 2 is 2.25 bits per heavy atom. The van der Waals surface area contributed by atoms with Crippen LogP contribution >= 0.6 is 22.9 Å². The molecule has 0 aliphatic heterocycles. The van der Waals surface area contributed by atoms with Crippen molar-refractivity contribution in [2.45, 2.75) is 6.92 Å². The number of halogens is 2.